The number of Topliss-reactive ketones (excluding diaryl/α,β-unsaturated/α-hetero) is 1. The number of carbonyl (C=O) groups is 1. The molecule has 0 spiro atoms. The molecule has 0 radical (unpaired) electrons. The summed E-state index contributed by atoms with van der Waals surface area (Å²) in [6.45, 7) is 7.56. The third-order valence-corrected chi connectivity index (χ3v) is 2.53. The summed E-state index contributed by atoms with van der Waals surface area (Å²) >= 11 is 0. The molecule has 3 nitrogen and oxygen atoms in total. The van der Waals surface area contributed by atoms with E-state index in [-0.39, 0.29) is 17.2 Å². The lowest BCUT2D eigenvalue weighted by Gasteiger charge is -2.38. The number of piperidine rings is 1. The topological polar surface area (TPSA) is 44.1 Å². The second-order valence-electron chi connectivity index (χ2n) is 4.53. The minimum absolute atomic E-state index is 0.0378. The Balaban J connectivity index is 2.62. The fraction of sp³-hybridized carbons (Fsp3) is 0.800. The van der Waals surface area contributed by atoms with E-state index in [1.54, 1.807) is 0 Å². The average Bonchev–Trinajstić information content (AvgIpc) is 2.02. The highest BCUT2D eigenvalue weighted by atomic mass is 16.1. The standard InChI is InChI=1S/C10H16N2O/c1-10(2,3)12-5-4-8(6-11)9(13)7-12/h8H,4-5,7H2,1-3H3. The summed E-state index contributed by atoms with van der Waals surface area (Å²) in [5.41, 5.74) is 0.0378. The first-order valence-electron chi connectivity index (χ1n) is 4.62. The van der Waals surface area contributed by atoms with Crippen molar-refractivity contribution >= 4 is 5.78 Å². The molecule has 0 aromatic heterocycles. The van der Waals surface area contributed by atoms with Crippen molar-refractivity contribution in [2.45, 2.75) is 32.7 Å². The number of hydrogen-bond acceptors (Lipinski definition) is 3. The molecule has 0 bridgehead atoms. The number of nitrogens with zero attached hydrogens (tertiary/aromatic N) is 2. The van der Waals surface area contributed by atoms with Crippen LogP contribution in [-0.4, -0.2) is 29.3 Å². The molecule has 0 amide bonds. The molecule has 1 atom stereocenters. The average molecular weight is 180 g/mol. The van der Waals surface area contributed by atoms with Crippen molar-refractivity contribution < 1.29 is 4.79 Å². The van der Waals surface area contributed by atoms with Gasteiger partial charge in [-0.25, -0.2) is 0 Å². The molecule has 1 fully saturated rings. The Hall–Kier alpha value is -0.880. The van der Waals surface area contributed by atoms with Gasteiger partial charge in [0.25, 0.3) is 0 Å². The Morgan fingerprint density at radius 3 is 2.54 bits per heavy atom. The SMILES string of the molecule is CC(C)(C)N1CCC(C#N)C(=O)C1. The van der Waals surface area contributed by atoms with E-state index in [4.69, 9.17) is 5.26 Å². The van der Waals surface area contributed by atoms with Crippen LogP contribution in [0.15, 0.2) is 0 Å². The van der Waals surface area contributed by atoms with Crippen LogP contribution in [0.4, 0.5) is 0 Å². The highest BCUT2D eigenvalue weighted by Gasteiger charge is 2.32. The van der Waals surface area contributed by atoms with Gasteiger partial charge < -0.3 is 0 Å². The van der Waals surface area contributed by atoms with E-state index in [1.807, 2.05) is 6.07 Å². The third-order valence-electron chi connectivity index (χ3n) is 2.53. The molecule has 0 saturated carbocycles. The summed E-state index contributed by atoms with van der Waals surface area (Å²) in [4.78, 5) is 13.5. The fourth-order valence-electron chi connectivity index (χ4n) is 1.53. The second kappa shape index (κ2) is 3.47. The van der Waals surface area contributed by atoms with E-state index >= 15 is 0 Å². The van der Waals surface area contributed by atoms with Crippen molar-refractivity contribution in [1.82, 2.24) is 4.90 Å². The number of nitriles is 1. The predicted molar refractivity (Wildman–Crippen MR) is 50.1 cm³/mol. The highest BCUT2D eigenvalue weighted by Crippen LogP contribution is 2.20. The van der Waals surface area contributed by atoms with Gasteiger partial charge in [0.2, 0.25) is 0 Å². The lowest BCUT2D eigenvalue weighted by Crippen LogP contribution is -2.49. The molecule has 72 valence electrons. The molecule has 13 heavy (non-hydrogen) atoms. The van der Waals surface area contributed by atoms with E-state index < -0.39 is 0 Å². The fourth-order valence-corrected chi connectivity index (χ4v) is 1.53. The minimum Gasteiger partial charge on any atom is -0.297 e. The number of rotatable bonds is 0. The first-order chi connectivity index (χ1) is 5.95. The van der Waals surface area contributed by atoms with Gasteiger partial charge in [-0.1, -0.05) is 0 Å². The number of carbonyl (C=O) groups excluding carboxylic acids is 1. The maximum atomic E-state index is 11.4. The van der Waals surface area contributed by atoms with Crippen LogP contribution in [0.3, 0.4) is 0 Å². The first kappa shape index (κ1) is 10.2. The zero-order chi connectivity index (χ0) is 10.1. The molecule has 0 aromatic rings. The Kier molecular flexibility index (Phi) is 2.72. The highest BCUT2D eigenvalue weighted by molar-refractivity contribution is 5.85. The number of hydrogen-bond donors (Lipinski definition) is 0. The molecule has 1 unspecified atom stereocenters. The zero-order valence-electron chi connectivity index (χ0n) is 8.50. The van der Waals surface area contributed by atoms with Gasteiger partial charge >= 0.3 is 0 Å². The monoisotopic (exact) mass is 180 g/mol. The van der Waals surface area contributed by atoms with Gasteiger partial charge in [-0.05, 0) is 27.2 Å². The summed E-state index contributed by atoms with van der Waals surface area (Å²) in [6, 6.07) is 2.05. The Bertz CT molecular complexity index is 247. The summed E-state index contributed by atoms with van der Waals surface area (Å²) in [5.74, 6) is -0.290. The van der Waals surface area contributed by atoms with Gasteiger partial charge in [0.15, 0.2) is 5.78 Å². The molecular weight excluding hydrogens is 164 g/mol. The van der Waals surface area contributed by atoms with Crippen LogP contribution < -0.4 is 0 Å². The Morgan fingerprint density at radius 2 is 2.15 bits per heavy atom. The number of likely N-dealkylation sites (tertiary alicyclic amines) is 1. The quantitative estimate of drug-likeness (QED) is 0.562. The van der Waals surface area contributed by atoms with Crippen molar-refractivity contribution in [3.05, 3.63) is 0 Å². The van der Waals surface area contributed by atoms with Crippen LogP contribution in [0.2, 0.25) is 0 Å². The molecule has 1 rings (SSSR count). The molecular formula is C10H16N2O. The van der Waals surface area contributed by atoms with Gasteiger partial charge in [0.1, 0.15) is 5.92 Å². The number of ketones is 1. The van der Waals surface area contributed by atoms with Crippen LogP contribution in [0.5, 0.6) is 0 Å². The van der Waals surface area contributed by atoms with E-state index in [0.29, 0.717) is 13.0 Å². The summed E-state index contributed by atoms with van der Waals surface area (Å²) in [6.07, 6.45) is 0.687. The van der Waals surface area contributed by atoms with Gasteiger partial charge in [-0.3, -0.25) is 9.69 Å². The maximum Gasteiger partial charge on any atom is 0.163 e. The van der Waals surface area contributed by atoms with Crippen LogP contribution in [0.25, 0.3) is 0 Å². The first-order valence-corrected chi connectivity index (χ1v) is 4.62. The van der Waals surface area contributed by atoms with Gasteiger partial charge in [0, 0.05) is 12.1 Å². The largest absolute Gasteiger partial charge is 0.297 e. The second-order valence-corrected chi connectivity index (χ2v) is 4.53. The molecule has 1 aliphatic rings. The Labute approximate surface area is 79.3 Å². The van der Waals surface area contributed by atoms with Crippen molar-refractivity contribution in [3.63, 3.8) is 0 Å². The Morgan fingerprint density at radius 1 is 1.54 bits per heavy atom. The van der Waals surface area contributed by atoms with Crippen LogP contribution >= 0.6 is 0 Å². The summed E-state index contributed by atoms with van der Waals surface area (Å²) < 4.78 is 0. The molecule has 1 saturated heterocycles. The predicted octanol–water partition coefficient (Wildman–Crippen LogP) is 1.20. The van der Waals surface area contributed by atoms with Crippen molar-refractivity contribution in [2.24, 2.45) is 5.92 Å². The minimum atomic E-state index is -0.362. The van der Waals surface area contributed by atoms with E-state index in [2.05, 4.69) is 25.7 Å². The van der Waals surface area contributed by atoms with Crippen molar-refractivity contribution in [2.75, 3.05) is 13.1 Å². The van der Waals surface area contributed by atoms with Gasteiger partial charge in [0.05, 0.1) is 12.6 Å². The maximum absolute atomic E-state index is 11.4. The third kappa shape index (κ3) is 2.28. The molecule has 0 N–H and O–H groups in total. The normalized spacial score (nSPS) is 25.7. The van der Waals surface area contributed by atoms with Gasteiger partial charge in [-0.2, -0.15) is 5.26 Å². The molecule has 0 aromatic carbocycles. The lowest BCUT2D eigenvalue weighted by atomic mass is 9.93. The van der Waals surface area contributed by atoms with E-state index in [0.717, 1.165) is 6.54 Å². The smallest absolute Gasteiger partial charge is 0.163 e. The van der Waals surface area contributed by atoms with Crippen molar-refractivity contribution in [3.8, 4) is 6.07 Å². The molecule has 0 aliphatic carbocycles. The molecule has 1 aliphatic heterocycles. The zero-order valence-corrected chi connectivity index (χ0v) is 8.50. The summed E-state index contributed by atoms with van der Waals surface area (Å²) in [7, 11) is 0. The molecule has 3 heteroatoms. The lowest BCUT2D eigenvalue weighted by molar-refractivity contribution is -0.126. The summed E-state index contributed by atoms with van der Waals surface area (Å²) in [5, 5.41) is 8.66. The van der Waals surface area contributed by atoms with Crippen LogP contribution in [0, 0.1) is 17.2 Å². The van der Waals surface area contributed by atoms with E-state index in [9.17, 15) is 4.79 Å². The van der Waals surface area contributed by atoms with E-state index in [1.165, 1.54) is 0 Å². The van der Waals surface area contributed by atoms with Gasteiger partial charge in [-0.15, -0.1) is 0 Å². The van der Waals surface area contributed by atoms with Crippen LogP contribution in [0.1, 0.15) is 27.2 Å². The van der Waals surface area contributed by atoms with Crippen molar-refractivity contribution in [1.29, 1.82) is 5.26 Å². The van der Waals surface area contributed by atoms with Crippen LogP contribution in [-0.2, 0) is 4.79 Å². The molecule has 1 heterocycles.